The zero-order valence-corrected chi connectivity index (χ0v) is 22.3. The quantitative estimate of drug-likeness (QED) is 0.262. The summed E-state index contributed by atoms with van der Waals surface area (Å²) in [7, 11) is 1.49. The first kappa shape index (κ1) is 26.2. The van der Waals surface area contributed by atoms with Crippen LogP contribution in [0.3, 0.4) is 0 Å². The third-order valence-electron chi connectivity index (χ3n) is 5.02. The summed E-state index contributed by atoms with van der Waals surface area (Å²) < 4.78 is 27.3. The van der Waals surface area contributed by atoms with E-state index in [1.165, 1.54) is 31.4 Å². The Morgan fingerprint density at radius 1 is 1.06 bits per heavy atom. The number of carbonyl (C=O) groups is 2. The standard InChI is InChI=1S/C25H20Br2ClFO5/c1-12(2)15-10-21(34-25-17(26)7-13(8-18(25)27)9-22(30)31)16(11-20(15)33-3)24(32)14-5-4-6-19(28)23(14)29/h4-8,10-12H,9H2,1-3H3,(H,30,31). The summed E-state index contributed by atoms with van der Waals surface area (Å²) in [4.78, 5) is 24.5. The van der Waals surface area contributed by atoms with Crippen LogP contribution in [0.5, 0.6) is 17.2 Å². The molecular formula is C25H20Br2ClFO5. The summed E-state index contributed by atoms with van der Waals surface area (Å²) in [5.74, 6) is -1.42. The van der Waals surface area contributed by atoms with Gasteiger partial charge >= 0.3 is 5.97 Å². The molecule has 3 rings (SSSR count). The lowest BCUT2D eigenvalue weighted by Gasteiger charge is -2.19. The van der Waals surface area contributed by atoms with E-state index in [2.05, 4.69) is 31.9 Å². The van der Waals surface area contributed by atoms with Crippen molar-refractivity contribution < 1.29 is 28.6 Å². The summed E-state index contributed by atoms with van der Waals surface area (Å²) in [5.41, 5.74) is 1.21. The molecule has 0 aliphatic rings. The van der Waals surface area contributed by atoms with E-state index in [0.717, 1.165) is 5.56 Å². The van der Waals surface area contributed by atoms with Crippen LogP contribution in [0.4, 0.5) is 4.39 Å². The van der Waals surface area contributed by atoms with E-state index in [1.54, 1.807) is 18.2 Å². The van der Waals surface area contributed by atoms with Crippen molar-refractivity contribution in [3.05, 3.63) is 84.5 Å². The molecule has 0 bridgehead atoms. The van der Waals surface area contributed by atoms with Crippen LogP contribution in [0, 0.1) is 5.82 Å². The number of aliphatic carboxylic acids is 1. The maximum Gasteiger partial charge on any atom is 0.307 e. The Bertz CT molecular complexity index is 1250. The summed E-state index contributed by atoms with van der Waals surface area (Å²) in [5, 5.41) is 8.91. The second-order valence-corrected chi connectivity index (χ2v) is 9.85. The average molecular weight is 615 g/mol. The molecule has 5 nitrogen and oxygen atoms in total. The Morgan fingerprint density at radius 2 is 1.71 bits per heavy atom. The van der Waals surface area contributed by atoms with Gasteiger partial charge in [0.1, 0.15) is 11.5 Å². The van der Waals surface area contributed by atoms with Crippen LogP contribution in [-0.4, -0.2) is 24.0 Å². The van der Waals surface area contributed by atoms with Crippen molar-refractivity contribution in [2.24, 2.45) is 0 Å². The van der Waals surface area contributed by atoms with Crippen molar-refractivity contribution in [1.82, 2.24) is 0 Å². The number of ketones is 1. The molecule has 0 aliphatic heterocycles. The fourth-order valence-electron chi connectivity index (χ4n) is 3.39. The minimum Gasteiger partial charge on any atom is -0.496 e. The predicted octanol–water partition coefficient (Wildman–Crippen LogP) is 7.79. The highest BCUT2D eigenvalue weighted by molar-refractivity contribution is 9.11. The lowest BCUT2D eigenvalue weighted by molar-refractivity contribution is -0.136. The van der Waals surface area contributed by atoms with Gasteiger partial charge in [0.15, 0.2) is 17.3 Å². The highest BCUT2D eigenvalue weighted by Crippen LogP contribution is 2.42. The van der Waals surface area contributed by atoms with Gasteiger partial charge in [0, 0.05) is 5.56 Å². The van der Waals surface area contributed by atoms with Gasteiger partial charge in [0.2, 0.25) is 0 Å². The van der Waals surface area contributed by atoms with E-state index in [9.17, 15) is 14.0 Å². The minimum atomic E-state index is -0.972. The molecule has 0 atom stereocenters. The maximum absolute atomic E-state index is 14.7. The van der Waals surface area contributed by atoms with Crippen LogP contribution >= 0.6 is 43.5 Å². The van der Waals surface area contributed by atoms with Gasteiger partial charge in [0.05, 0.1) is 38.6 Å². The highest BCUT2D eigenvalue weighted by Gasteiger charge is 2.25. The topological polar surface area (TPSA) is 72.8 Å². The van der Waals surface area contributed by atoms with Crippen LogP contribution in [0.25, 0.3) is 0 Å². The van der Waals surface area contributed by atoms with E-state index in [4.69, 9.17) is 26.2 Å². The number of rotatable bonds is 8. The number of ether oxygens (including phenoxy) is 2. The molecule has 0 aliphatic carbocycles. The van der Waals surface area contributed by atoms with Crippen molar-refractivity contribution in [3.8, 4) is 17.2 Å². The van der Waals surface area contributed by atoms with E-state index in [-0.39, 0.29) is 34.2 Å². The molecular weight excluding hydrogens is 595 g/mol. The molecule has 0 unspecified atom stereocenters. The zero-order valence-electron chi connectivity index (χ0n) is 18.4. The van der Waals surface area contributed by atoms with Gasteiger partial charge in [-0.1, -0.05) is 31.5 Å². The molecule has 178 valence electrons. The second-order valence-electron chi connectivity index (χ2n) is 7.74. The third kappa shape index (κ3) is 5.62. The molecule has 0 spiro atoms. The van der Waals surface area contributed by atoms with Crippen molar-refractivity contribution >= 4 is 55.2 Å². The van der Waals surface area contributed by atoms with Gasteiger partial charge in [-0.15, -0.1) is 0 Å². The number of benzene rings is 3. The first-order chi connectivity index (χ1) is 16.0. The number of carbonyl (C=O) groups excluding carboxylic acids is 1. The molecule has 3 aromatic rings. The molecule has 0 saturated carbocycles. The van der Waals surface area contributed by atoms with Gasteiger partial charge in [0.25, 0.3) is 0 Å². The molecule has 0 saturated heterocycles. The van der Waals surface area contributed by atoms with E-state index >= 15 is 0 Å². The van der Waals surface area contributed by atoms with Crippen molar-refractivity contribution in [2.75, 3.05) is 7.11 Å². The molecule has 1 N–H and O–H groups in total. The fraction of sp³-hybridized carbons (Fsp3) is 0.200. The molecule has 0 heterocycles. The maximum atomic E-state index is 14.7. The molecule has 0 aromatic heterocycles. The van der Waals surface area contributed by atoms with Crippen molar-refractivity contribution in [2.45, 2.75) is 26.2 Å². The monoisotopic (exact) mass is 612 g/mol. The smallest absolute Gasteiger partial charge is 0.307 e. The summed E-state index contributed by atoms with van der Waals surface area (Å²) in [6, 6.07) is 10.7. The molecule has 3 aromatic carbocycles. The van der Waals surface area contributed by atoms with Gasteiger partial charge < -0.3 is 14.6 Å². The molecule has 0 amide bonds. The van der Waals surface area contributed by atoms with Gasteiger partial charge in [-0.05, 0) is 79.7 Å². The second kappa shape index (κ2) is 10.9. The molecule has 0 fully saturated rings. The van der Waals surface area contributed by atoms with Gasteiger partial charge in [-0.2, -0.15) is 0 Å². The Kier molecular flexibility index (Phi) is 8.38. The Balaban J connectivity index is 2.18. The first-order valence-corrected chi connectivity index (χ1v) is 12.1. The van der Waals surface area contributed by atoms with Crippen LogP contribution in [0.15, 0.2) is 51.4 Å². The van der Waals surface area contributed by atoms with E-state index < -0.39 is 17.6 Å². The Morgan fingerprint density at radius 3 is 2.26 bits per heavy atom. The number of hydrogen-bond acceptors (Lipinski definition) is 4. The average Bonchev–Trinajstić information content (AvgIpc) is 2.76. The lowest BCUT2D eigenvalue weighted by atomic mass is 9.95. The Labute approximate surface area is 218 Å². The zero-order chi connectivity index (χ0) is 25.2. The first-order valence-electron chi connectivity index (χ1n) is 10.1. The molecule has 9 heteroatoms. The normalized spacial score (nSPS) is 10.9. The number of methoxy groups -OCH3 is 1. The van der Waals surface area contributed by atoms with Crippen molar-refractivity contribution in [3.63, 3.8) is 0 Å². The van der Waals surface area contributed by atoms with Crippen LogP contribution in [0.2, 0.25) is 5.02 Å². The van der Waals surface area contributed by atoms with Crippen LogP contribution < -0.4 is 9.47 Å². The van der Waals surface area contributed by atoms with Crippen LogP contribution in [0.1, 0.15) is 46.8 Å². The fourth-order valence-corrected chi connectivity index (χ4v) is 5.00. The van der Waals surface area contributed by atoms with Crippen LogP contribution in [-0.2, 0) is 11.2 Å². The minimum absolute atomic E-state index is 0.0363. The lowest BCUT2D eigenvalue weighted by Crippen LogP contribution is -2.09. The van der Waals surface area contributed by atoms with Crippen molar-refractivity contribution in [1.29, 1.82) is 0 Å². The summed E-state index contributed by atoms with van der Waals surface area (Å²) >= 11 is 12.7. The number of halogens is 4. The number of hydrogen-bond donors (Lipinski definition) is 1. The van der Waals surface area contributed by atoms with Gasteiger partial charge in [-0.25, -0.2) is 4.39 Å². The van der Waals surface area contributed by atoms with E-state index in [0.29, 0.717) is 26.0 Å². The summed E-state index contributed by atoms with van der Waals surface area (Å²) in [6.45, 7) is 3.93. The highest BCUT2D eigenvalue weighted by atomic mass is 79.9. The molecule has 34 heavy (non-hydrogen) atoms. The van der Waals surface area contributed by atoms with Gasteiger partial charge in [-0.3, -0.25) is 9.59 Å². The number of carboxylic acids is 1. The number of carboxylic acid groups (broad SMARTS) is 1. The molecule has 0 radical (unpaired) electrons. The summed E-state index contributed by atoms with van der Waals surface area (Å²) in [6.07, 6.45) is -0.171. The predicted molar refractivity (Wildman–Crippen MR) is 135 cm³/mol. The van der Waals surface area contributed by atoms with E-state index in [1.807, 2.05) is 13.8 Å². The largest absolute Gasteiger partial charge is 0.496 e. The third-order valence-corrected chi connectivity index (χ3v) is 6.49. The Hall–Kier alpha value is -2.42. The SMILES string of the molecule is COc1cc(C(=O)c2cccc(Cl)c2F)c(Oc2c(Br)cc(CC(=O)O)cc2Br)cc1C(C)C.